The van der Waals surface area contributed by atoms with Gasteiger partial charge in [0, 0.05) is 21.8 Å². The quantitative estimate of drug-likeness (QED) is 0.463. The topological polar surface area (TPSA) is 43.1 Å². The van der Waals surface area contributed by atoms with Crippen LogP contribution >= 0.6 is 11.8 Å². The molecule has 0 fully saturated rings. The van der Waals surface area contributed by atoms with Crippen LogP contribution in [0.25, 0.3) is 0 Å². The van der Waals surface area contributed by atoms with E-state index in [4.69, 9.17) is 0 Å². The Bertz CT molecular complexity index is 582. The first-order chi connectivity index (χ1) is 8.99. The van der Waals surface area contributed by atoms with Crippen molar-refractivity contribution < 1.29 is 4.92 Å². The summed E-state index contributed by atoms with van der Waals surface area (Å²) >= 11 is 1.63. The van der Waals surface area contributed by atoms with Crippen LogP contribution in [0, 0.1) is 10.1 Å². The van der Waals surface area contributed by atoms with E-state index in [-0.39, 0.29) is 15.4 Å². The van der Waals surface area contributed by atoms with E-state index in [9.17, 15) is 10.1 Å². The summed E-state index contributed by atoms with van der Waals surface area (Å²) < 4.78 is -0.128. The predicted molar refractivity (Wildman–Crippen MR) is 78.4 cm³/mol. The summed E-state index contributed by atoms with van der Waals surface area (Å²) in [6.07, 6.45) is 0. The van der Waals surface area contributed by atoms with Crippen molar-refractivity contribution in [1.29, 1.82) is 0 Å². The highest BCUT2D eigenvalue weighted by molar-refractivity contribution is 8.00. The van der Waals surface area contributed by atoms with E-state index < -0.39 is 0 Å². The Morgan fingerprint density at radius 1 is 1.05 bits per heavy atom. The van der Waals surface area contributed by atoms with Crippen molar-refractivity contribution in [1.82, 2.24) is 0 Å². The first kappa shape index (κ1) is 13.6. The van der Waals surface area contributed by atoms with Gasteiger partial charge in [0.2, 0.25) is 0 Å². The molecule has 0 bridgehead atoms. The van der Waals surface area contributed by atoms with E-state index in [0.29, 0.717) is 0 Å². The maximum atomic E-state index is 10.8. The number of thioether (sulfide) groups is 1. The van der Waals surface area contributed by atoms with E-state index in [1.807, 2.05) is 24.3 Å². The van der Waals surface area contributed by atoms with Gasteiger partial charge < -0.3 is 0 Å². The average Bonchev–Trinajstić information content (AvgIpc) is 2.39. The Kier molecular flexibility index (Phi) is 3.90. The number of nitrogens with zero attached hydrogens (tertiary/aromatic N) is 1. The number of hydrogen-bond acceptors (Lipinski definition) is 3. The lowest BCUT2D eigenvalue weighted by Crippen LogP contribution is -2.11. The maximum absolute atomic E-state index is 10.8. The van der Waals surface area contributed by atoms with Crippen LogP contribution < -0.4 is 0 Å². The van der Waals surface area contributed by atoms with E-state index >= 15 is 0 Å². The fourth-order valence-corrected chi connectivity index (χ4v) is 3.02. The molecule has 0 saturated heterocycles. The van der Waals surface area contributed by atoms with Crippen molar-refractivity contribution in [2.24, 2.45) is 0 Å². The Hall–Kier alpha value is -1.81. The van der Waals surface area contributed by atoms with Gasteiger partial charge in [-0.05, 0) is 25.5 Å². The molecule has 0 heterocycles. The van der Waals surface area contributed by atoms with Gasteiger partial charge in [0.15, 0.2) is 0 Å². The lowest BCUT2D eigenvalue weighted by atomic mass is 10.0. The van der Waals surface area contributed by atoms with Gasteiger partial charge in [-0.1, -0.05) is 36.4 Å². The van der Waals surface area contributed by atoms with Crippen molar-refractivity contribution in [2.45, 2.75) is 23.5 Å². The Labute approximate surface area is 116 Å². The number of rotatable bonds is 4. The van der Waals surface area contributed by atoms with Crippen LogP contribution in [-0.4, -0.2) is 4.92 Å². The third-order valence-corrected chi connectivity index (χ3v) is 4.11. The normalized spacial score (nSPS) is 11.3. The first-order valence-corrected chi connectivity index (χ1v) is 6.80. The van der Waals surface area contributed by atoms with Crippen LogP contribution in [0.15, 0.2) is 59.5 Å². The highest BCUT2D eigenvalue weighted by Crippen LogP contribution is 2.41. The number of benzene rings is 2. The standard InChI is InChI=1S/C15H15NO2S/c1-15(2,12-7-4-3-5-8-12)19-14-10-6-9-13(11-14)16(17)18/h3-11H,1-2H3. The summed E-state index contributed by atoms with van der Waals surface area (Å²) in [6.45, 7) is 4.23. The average molecular weight is 273 g/mol. The molecule has 3 nitrogen and oxygen atoms in total. The van der Waals surface area contributed by atoms with E-state index in [1.54, 1.807) is 23.9 Å². The van der Waals surface area contributed by atoms with Crippen LogP contribution in [0.5, 0.6) is 0 Å². The first-order valence-electron chi connectivity index (χ1n) is 5.98. The molecule has 0 unspecified atom stereocenters. The summed E-state index contributed by atoms with van der Waals surface area (Å²) in [5.74, 6) is 0. The van der Waals surface area contributed by atoms with E-state index in [2.05, 4.69) is 26.0 Å². The maximum Gasteiger partial charge on any atom is 0.270 e. The lowest BCUT2D eigenvalue weighted by Gasteiger charge is -2.24. The number of non-ortho nitro benzene ring substituents is 1. The fourth-order valence-electron chi connectivity index (χ4n) is 1.85. The minimum atomic E-state index is -0.362. The third-order valence-electron chi connectivity index (χ3n) is 2.87. The third kappa shape index (κ3) is 3.35. The summed E-state index contributed by atoms with van der Waals surface area (Å²) in [4.78, 5) is 11.3. The van der Waals surface area contributed by atoms with Gasteiger partial charge in [-0.15, -0.1) is 11.8 Å². The minimum Gasteiger partial charge on any atom is -0.258 e. The monoisotopic (exact) mass is 273 g/mol. The van der Waals surface area contributed by atoms with E-state index in [1.165, 1.54) is 11.6 Å². The molecule has 4 heteroatoms. The molecule has 0 aliphatic heterocycles. The molecule has 0 radical (unpaired) electrons. The van der Waals surface area contributed by atoms with Crippen molar-refractivity contribution in [3.8, 4) is 0 Å². The number of hydrogen-bond donors (Lipinski definition) is 0. The highest BCUT2D eigenvalue weighted by Gasteiger charge is 2.22. The number of nitro benzene ring substituents is 1. The molecule has 19 heavy (non-hydrogen) atoms. The molecule has 98 valence electrons. The minimum absolute atomic E-state index is 0.128. The van der Waals surface area contributed by atoms with Gasteiger partial charge in [0.05, 0.1) is 4.92 Å². The zero-order valence-electron chi connectivity index (χ0n) is 10.9. The zero-order valence-corrected chi connectivity index (χ0v) is 11.7. The van der Waals surface area contributed by atoms with Crippen molar-refractivity contribution in [2.75, 3.05) is 0 Å². The predicted octanol–water partition coefficient (Wildman–Crippen LogP) is 4.62. The van der Waals surface area contributed by atoms with Crippen LogP contribution in [0.4, 0.5) is 5.69 Å². The largest absolute Gasteiger partial charge is 0.270 e. The van der Waals surface area contributed by atoms with Gasteiger partial charge in [0.1, 0.15) is 0 Å². The van der Waals surface area contributed by atoms with Crippen molar-refractivity contribution in [3.63, 3.8) is 0 Å². The Morgan fingerprint density at radius 2 is 1.74 bits per heavy atom. The molecule has 2 rings (SSSR count). The second-order valence-electron chi connectivity index (χ2n) is 4.73. The summed E-state index contributed by atoms with van der Waals surface area (Å²) in [5.41, 5.74) is 1.33. The molecule has 0 atom stereocenters. The van der Waals surface area contributed by atoms with Crippen LogP contribution in [0.2, 0.25) is 0 Å². The molecule has 0 N–H and O–H groups in total. The van der Waals surface area contributed by atoms with Gasteiger partial charge in [-0.3, -0.25) is 10.1 Å². The number of nitro groups is 1. The molecule has 0 spiro atoms. The van der Waals surface area contributed by atoms with Gasteiger partial charge in [-0.25, -0.2) is 0 Å². The molecule has 2 aromatic carbocycles. The van der Waals surface area contributed by atoms with Crippen LogP contribution in [0.1, 0.15) is 19.4 Å². The molecular formula is C15H15NO2S. The lowest BCUT2D eigenvalue weighted by molar-refractivity contribution is -0.385. The summed E-state index contributed by atoms with van der Waals surface area (Å²) in [6, 6.07) is 16.9. The van der Waals surface area contributed by atoms with E-state index in [0.717, 1.165) is 4.90 Å². The fraction of sp³-hybridized carbons (Fsp3) is 0.200. The zero-order chi connectivity index (χ0) is 13.9. The molecular weight excluding hydrogens is 258 g/mol. The van der Waals surface area contributed by atoms with Crippen LogP contribution in [-0.2, 0) is 4.75 Å². The molecule has 0 aromatic heterocycles. The molecule has 0 aliphatic carbocycles. The Morgan fingerprint density at radius 3 is 2.37 bits per heavy atom. The molecule has 0 saturated carbocycles. The van der Waals surface area contributed by atoms with Crippen LogP contribution in [0.3, 0.4) is 0 Å². The second-order valence-corrected chi connectivity index (χ2v) is 6.43. The summed E-state index contributed by atoms with van der Waals surface area (Å²) in [7, 11) is 0. The van der Waals surface area contributed by atoms with Crippen molar-refractivity contribution in [3.05, 3.63) is 70.3 Å². The van der Waals surface area contributed by atoms with Gasteiger partial charge in [0.25, 0.3) is 5.69 Å². The molecule has 0 amide bonds. The second kappa shape index (κ2) is 5.45. The SMILES string of the molecule is CC(C)(Sc1cccc([N+](=O)[O-])c1)c1ccccc1. The highest BCUT2D eigenvalue weighted by atomic mass is 32.2. The molecule has 0 aliphatic rings. The van der Waals surface area contributed by atoms with Gasteiger partial charge in [-0.2, -0.15) is 0 Å². The summed E-state index contributed by atoms with van der Waals surface area (Å²) in [5, 5.41) is 10.8. The smallest absolute Gasteiger partial charge is 0.258 e. The Balaban J connectivity index is 2.25. The van der Waals surface area contributed by atoms with Gasteiger partial charge >= 0.3 is 0 Å². The van der Waals surface area contributed by atoms with Crippen molar-refractivity contribution >= 4 is 17.4 Å². The molecule has 2 aromatic rings.